The van der Waals surface area contributed by atoms with Crippen LogP contribution in [0.5, 0.6) is 0 Å². The fourth-order valence-electron chi connectivity index (χ4n) is 2.62. The summed E-state index contributed by atoms with van der Waals surface area (Å²) in [5.41, 5.74) is 4.94. The SMILES string of the molecule is Cc1ccc(Nc2ccnc(NCCCc3ccccc3)n2)cc1C. The van der Waals surface area contributed by atoms with Gasteiger partial charge in [-0.25, -0.2) is 4.98 Å². The van der Waals surface area contributed by atoms with Gasteiger partial charge in [0.05, 0.1) is 0 Å². The van der Waals surface area contributed by atoms with E-state index in [2.05, 4.69) is 76.9 Å². The van der Waals surface area contributed by atoms with Crippen LogP contribution in [0.15, 0.2) is 60.8 Å². The quantitative estimate of drug-likeness (QED) is 0.605. The molecular formula is C21H24N4. The van der Waals surface area contributed by atoms with Crippen LogP contribution in [0.1, 0.15) is 23.1 Å². The average Bonchev–Trinajstić information content (AvgIpc) is 2.63. The molecule has 128 valence electrons. The molecule has 0 atom stereocenters. The Morgan fingerprint density at radius 1 is 0.920 bits per heavy atom. The number of aromatic nitrogens is 2. The highest BCUT2D eigenvalue weighted by molar-refractivity contribution is 5.58. The van der Waals surface area contributed by atoms with Gasteiger partial charge in [0.25, 0.3) is 0 Å². The molecule has 0 amide bonds. The van der Waals surface area contributed by atoms with Crippen molar-refractivity contribution in [3.63, 3.8) is 0 Å². The van der Waals surface area contributed by atoms with E-state index in [1.165, 1.54) is 16.7 Å². The first-order valence-corrected chi connectivity index (χ1v) is 8.66. The van der Waals surface area contributed by atoms with Gasteiger partial charge in [0.2, 0.25) is 5.95 Å². The van der Waals surface area contributed by atoms with E-state index in [-0.39, 0.29) is 0 Å². The number of nitrogens with zero attached hydrogens (tertiary/aromatic N) is 2. The summed E-state index contributed by atoms with van der Waals surface area (Å²) in [5.74, 6) is 1.45. The average molecular weight is 332 g/mol. The number of hydrogen-bond acceptors (Lipinski definition) is 4. The Bertz CT molecular complexity index is 815. The largest absolute Gasteiger partial charge is 0.354 e. The topological polar surface area (TPSA) is 49.8 Å². The summed E-state index contributed by atoms with van der Waals surface area (Å²) in [7, 11) is 0. The number of hydrogen-bond donors (Lipinski definition) is 2. The minimum Gasteiger partial charge on any atom is -0.354 e. The monoisotopic (exact) mass is 332 g/mol. The van der Waals surface area contributed by atoms with E-state index >= 15 is 0 Å². The second-order valence-corrected chi connectivity index (χ2v) is 6.21. The number of anilines is 3. The predicted octanol–water partition coefficient (Wildman–Crippen LogP) is 4.88. The number of benzene rings is 2. The molecule has 0 unspecified atom stereocenters. The highest BCUT2D eigenvalue weighted by Crippen LogP contribution is 2.18. The van der Waals surface area contributed by atoms with Crippen LogP contribution in [0.25, 0.3) is 0 Å². The standard InChI is InChI=1S/C21H24N4/c1-16-10-11-19(15-17(16)2)24-20-12-14-23-21(25-20)22-13-6-9-18-7-4-3-5-8-18/h3-5,7-8,10-12,14-15H,6,9,13H2,1-2H3,(H2,22,23,24,25). The molecule has 0 aliphatic heterocycles. The third-order valence-corrected chi connectivity index (χ3v) is 4.20. The van der Waals surface area contributed by atoms with Crippen molar-refractivity contribution in [1.29, 1.82) is 0 Å². The molecule has 4 nitrogen and oxygen atoms in total. The zero-order valence-electron chi connectivity index (χ0n) is 14.8. The molecule has 2 aromatic carbocycles. The minimum atomic E-state index is 0.655. The summed E-state index contributed by atoms with van der Waals surface area (Å²) in [6.07, 6.45) is 3.87. The van der Waals surface area contributed by atoms with E-state index in [9.17, 15) is 0 Å². The number of rotatable bonds is 7. The molecule has 0 saturated carbocycles. The van der Waals surface area contributed by atoms with Crippen LogP contribution in [0, 0.1) is 13.8 Å². The Kier molecular flexibility index (Phi) is 5.62. The van der Waals surface area contributed by atoms with Gasteiger partial charge in [-0.1, -0.05) is 36.4 Å². The molecule has 0 fully saturated rings. The van der Waals surface area contributed by atoms with Gasteiger partial charge >= 0.3 is 0 Å². The molecule has 1 heterocycles. The molecule has 0 radical (unpaired) electrons. The van der Waals surface area contributed by atoms with E-state index in [0.717, 1.165) is 30.9 Å². The van der Waals surface area contributed by atoms with Gasteiger partial charge in [-0.15, -0.1) is 0 Å². The van der Waals surface area contributed by atoms with Crippen molar-refractivity contribution in [2.24, 2.45) is 0 Å². The Labute approximate surface area is 149 Å². The lowest BCUT2D eigenvalue weighted by atomic mass is 10.1. The van der Waals surface area contributed by atoms with Gasteiger partial charge in [-0.05, 0) is 61.6 Å². The van der Waals surface area contributed by atoms with Crippen LogP contribution in [-0.2, 0) is 6.42 Å². The Morgan fingerprint density at radius 2 is 1.76 bits per heavy atom. The van der Waals surface area contributed by atoms with Gasteiger partial charge in [0.1, 0.15) is 5.82 Å². The second kappa shape index (κ2) is 8.29. The molecular weight excluding hydrogens is 308 g/mol. The van der Waals surface area contributed by atoms with Crippen LogP contribution in [0.4, 0.5) is 17.5 Å². The molecule has 0 aliphatic carbocycles. The summed E-state index contributed by atoms with van der Waals surface area (Å²) in [5, 5.41) is 6.64. The van der Waals surface area contributed by atoms with Crippen LogP contribution >= 0.6 is 0 Å². The Hall–Kier alpha value is -2.88. The molecule has 0 spiro atoms. The third-order valence-electron chi connectivity index (χ3n) is 4.20. The van der Waals surface area contributed by atoms with Gasteiger partial charge in [0.15, 0.2) is 0 Å². The summed E-state index contributed by atoms with van der Waals surface area (Å²) in [4.78, 5) is 8.83. The highest BCUT2D eigenvalue weighted by atomic mass is 15.1. The first-order valence-electron chi connectivity index (χ1n) is 8.66. The number of aryl methyl sites for hydroxylation is 3. The summed E-state index contributed by atoms with van der Waals surface area (Å²) < 4.78 is 0. The zero-order chi connectivity index (χ0) is 17.5. The lowest BCUT2D eigenvalue weighted by Gasteiger charge is -2.10. The fraction of sp³-hybridized carbons (Fsp3) is 0.238. The van der Waals surface area contributed by atoms with Crippen LogP contribution in [-0.4, -0.2) is 16.5 Å². The lowest BCUT2D eigenvalue weighted by Crippen LogP contribution is -2.07. The molecule has 0 saturated heterocycles. The molecule has 4 heteroatoms. The van der Waals surface area contributed by atoms with Crippen molar-refractivity contribution in [3.05, 3.63) is 77.5 Å². The van der Waals surface area contributed by atoms with E-state index in [1.54, 1.807) is 6.20 Å². The van der Waals surface area contributed by atoms with Crippen molar-refractivity contribution >= 4 is 17.5 Å². The molecule has 25 heavy (non-hydrogen) atoms. The normalized spacial score (nSPS) is 10.5. The predicted molar refractivity (Wildman–Crippen MR) is 104 cm³/mol. The van der Waals surface area contributed by atoms with E-state index < -0.39 is 0 Å². The van der Waals surface area contributed by atoms with Crippen LogP contribution < -0.4 is 10.6 Å². The van der Waals surface area contributed by atoms with E-state index in [4.69, 9.17) is 0 Å². The van der Waals surface area contributed by atoms with Gasteiger partial charge in [-0.3, -0.25) is 0 Å². The summed E-state index contributed by atoms with van der Waals surface area (Å²) >= 11 is 0. The zero-order valence-corrected chi connectivity index (χ0v) is 14.8. The number of nitrogens with one attached hydrogen (secondary N) is 2. The van der Waals surface area contributed by atoms with Crippen molar-refractivity contribution in [1.82, 2.24) is 9.97 Å². The minimum absolute atomic E-state index is 0.655. The molecule has 2 N–H and O–H groups in total. The van der Waals surface area contributed by atoms with Gasteiger partial charge in [-0.2, -0.15) is 4.98 Å². The maximum absolute atomic E-state index is 4.53. The fourth-order valence-corrected chi connectivity index (χ4v) is 2.62. The van der Waals surface area contributed by atoms with Crippen molar-refractivity contribution in [3.8, 4) is 0 Å². The maximum Gasteiger partial charge on any atom is 0.224 e. The molecule has 3 aromatic rings. The van der Waals surface area contributed by atoms with Gasteiger partial charge < -0.3 is 10.6 Å². The first-order chi connectivity index (χ1) is 12.2. The molecule has 0 aliphatic rings. The summed E-state index contributed by atoms with van der Waals surface area (Å²) in [6.45, 7) is 5.07. The van der Waals surface area contributed by atoms with Gasteiger partial charge in [0, 0.05) is 18.4 Å². The van der Waals surface area contributed by atoms with E-state index in [0.29, 0.717) is 5.95 Å². The Balaban J connectivity index is 1.53. The van der Waals surface area contributed by atoms with E-state index in [1.807, 2.05) is 12.1 Å². The van der Waals surface area contributed by atoms with Crippen molar-refractivity contribution in [2.75, 3.05) is 17.2 Å². The van der Waals surface area contributed by atoms with Crippen molar-refractivity contribution < 1.29 is 0 Å². The highest BCUT2D eigenvalue weighted by Gasteiger charge is 2.01. The Morgan fingerprint density at radius 3 is 2.56 bits per heavy atom. The molecule has 1 aromatic heterocycles. The smallest absolute Gasteiger partial charge is 0.224 e. The molecule has 3 rings (SSSR count). The second-order valence-electron chi connectivity index (χ2n) is 6.21. The maximum atomic E-state index is 4.53. The lowest BCUT2D eigenvalue weighted by molar-refractivity contribution is 0.853. The molecule has 0 bridgehead atoms. The summed E-state index contributed by atoms with van der Waals surface area (Å²) in [6, 6.07) is 18.7. The van der Waals surface area contributed by atoms with Crippen molar-refractivity contribution in [2.45, 2.75) is 26.7 Å². The van der Waals surface area contributed by atoms with Crippen LogP contribution in [0.3, 0.4) is 0 Å². The third kappa shape index (κ3) is 5.05. The van der Waals surface area contributed by atoms with Crippen LogP contribution in [0.2, 0.25) is 0 Å². The first kappa shape index (κ1) is 17.0.